The maximum absolute atomic E-state index is 12.1. The van der Waals surface area contributed by atoms with E-state index in [1.165, 1.54) is 19.3 Å². The van der Waals surface area contributed by atoms with Gasteiger partial charge in [0, 0.05) is 5.92 Å². The second-order valence-corrected chi connectivity index (χ2v) is 5.95. The van der Waals surface area contributed by atoms with Crippen molar-refractivity contribution in [2.45, 2.75) is 64.8 Å². The fraction of sp³-hybridized carbons (Fsp3) is 0.857. The summed E-state index contributed by atoms with van der Waals surface area (Å²) in [5.74, 6) is 0.588. The number of rotatable bonds is 6. The van der Waals surface area contributed by atoms with Crippen LogP contribution in [0, 0.1) is 11.8 Å². The number of amides is 1. The molecular weight excluding hydrogens is 244 g/mol. The Morgan fingerprint density at radius 2 is 2.00 bits per heavy atom. The number of carbonyl (C=O) groups is 1. The standard InChI is InChI=1S/C14H26N2OS/c1-3-7-10(2)14(17)16-12(13(15)18)11-8-5-4-6-9-11/h10-12H,3-9H2,1-2H3,(H2,15,18)(H,16,17). The molecule has 0 saturated heterocycles. The molecule has 1 aliphatic carbocycles. The van der Waals surface area contributed by atoms with E-state index in [9.17, 15) is 4.79 Å². The molecular formula is C14H26N2OS. The predicted octanol–water partition coefficient (Wildman–Crippen LogP) is 2.77. The molecule has 1 saturated carbocycles. The van der Waals surface area contributed by atoms with Crippen LogP contribution in [0.2, 0.25) is 0 Å². The molecule has 0 aromatic heterocycles. The Kier molecular flexibility index (Phi) is 6.61. The molecule has 2 unspecified atom stereocenters. The van der Waals surface area contributed by atoms with Crippen LogP contribution in [-0.2, 0) is 4.79 Å². The molecule has 0 spiro atoms. The predicted molar refractivity (Wildman–Crippen MR) is 79.4 cm³/mol. The molecule has 0 aliphatic heterocycles. The third kappa shape index (κ3) is 4.56. The lowest BCUT2D eigenvalue weighted by Crippen LogP contribution is -2.50. The third-order valence-corrected chi connectivity index (χ3v) is 4.15. The van der Waals surface area contributed by atoms with Gasteiger partial charge in [-0.25, -0.2) is 0 Å². The Balaban J connectivity index is 2.56. The van der Waals surface area contributed by atoms with Crippen LogP contribution in [0.4, 0.5) is 0 Å². The van der Waals surface area contributed by atoms with Crippen molar-refractivity contribution in [3.05, 3.63) is 0 Å². The molecule has 0 heterocycles. The minimum absolute atomic E-state index is 0.0513. The second kappa shape index (κ2) is 7.72. The summed E-state index contributed by atoms with van der Waals surface area (Å²) >= 11 is 5.13. The number of thiocarbonyl (C=S) groups is 1. The highest BCUT2D eigenvalue weighted by atomic mass is 32.1. The Bertz CT molecular complexity index is 288. The van der Waals surface area contributed by atoms with Crippen molar-refractivity contribution in [3.8, 4) is 0 Å². The zero-order valence-corrected chi connectivity index (χ0v) is 12.4. The first-order chi connectivity index (χ1) is 8.56. The molecule has 0 aromatic carbocycles. The molecule has 1 amide bonds. The summed E-state index contributed by atoms with van der Waals surface area (Å²) in [6, 6.07) is -0.105. The summed E-state index contributed by atoms with van der Waals surface area (Å²) in [6.07, 6.45) is 7.94. The number of nitrogens with one attached hydrogen (secondary N) is 1. The lowest BCUT2D eigenvalue weighted by atomic mass is 9.83. The molecule has 0 bridgehead atoms. The number of nitrogens with two attached hydrogens (primary N) is 1. The molecule has 1 rings (SSSR count). The molecule has 3 nitrogen and oxygen atoms in total. The first kappa shape index (κ1) is 15.4. The van der Waals surface area contributed by atoms with Gasteiger partial charge < -0.3 is 11.1 Å². The lowest BCUT2D eigenvalue weighted by molar-refractivity contribution is -0.125. The van der Waals surface area contributed by atoms with Gasteiger partial charge in [0.15, 0.2) is 0 Å². The zero-order chi connectivity index (χ0) is 13.5. The lowest BCUT2D eigenvalue weighted by Gasteiger charge is -2.31. The first-order valence-corrected chi connectivity index (χ1v) is 7.56. The van der Waals surface area contributed by atoms with Crippen molar-refractivity contribution in [2.75, 3.05) is 0 Å². The van der Waals surface area contributed by atoms with E-state index in [2.05, 4.69) is 12.2 Å². The number of hydrogen-bond acceptors (Lipinski definition) is 2. The van der Waals surface area contributed by atoms with E-state index in [4.69, 9.17) is 18.0 Å². The molecule has 3 N–H and O–H groups in total. The van der Waals surface area contributed by atoms with Crippen LogP contribution in [0.15, 0.2) is 0 Å². The van der Waals surface area contributed by atoms with Crippen molar-refractivity contribution < 1.29 is 4.79 Å². The Labute approximate surface area is 116 Å². The van der Waals surface area contributed by atoms with Crippen LogP contribution in [0.3, 0.4) is 0 Å². The van der Waals surface area contributed by atoms with E-state index >= 15 is 0 Å². The topological polar surface area (TPSA) is 55.1 Å². The van der Waals surface area contributed by atoms with E-state index in [0.717, 1.165) is 25.7 Å². The van der Waals surface area contributed by atoms with Crippen LogP contribution < -0.4 is 11.1 Å². The maximum atomic E-state index is 12.1. The Hall–Kier alpha value is -0.640. The summed E-state index contributed by atoms with van der Waals surface area (Å²) in [5.41, 5.74) is 5.81. The molecule has 0 radical (unpaired) electrons. The average Bonchev–Trinajstić information content (AvgIpc) is 2.36. The van der Waals surface area contributed by atoms with Crippen molar-refractivity contribution >= 4 is 23.1 Å². The van der Waals surface area contributed by atoms with Gasteiger partial charge in [-0.3, -0.25) is 4.79 Å². The summed E-state index contributed by atoms with van der Waals surface area (Å²) in [5, 5.41) is 3.07. The number of hydrogen-bond donors (Lipinski definition) is 2. The van der Waals surface area contributed by atoms with Gasteiger partial charge in [0.25, 0.3) is 0 Å². The summed E-state index contributed by atoms with van der Waals surface area (Å²) in [4.78, 5) is 12.5. The van der Waals surface area contributed by atoms with Crippen LogP contribution in [0.1, 0.15) is 58.8 Å². The van der Waals surface area contributed by atoms with Crippen molar-refractivity contribution in [3.63, 3.8) is 0 Å². The SMILES string of the molecule is CCCC(C)C(=O)NC(C(N)=S)C1CCCCC1. The number of carbonyl (C=O) groups excluding carboxylic acids is 1. The molecule has 18 heavy (non-hydrogen) atoms. The van der Waals surface area contributed by atoms with Gasteiger partial charge in [-0.05, 0) is 25.2 Å². The fourth-order valence-electron chi connectivity index (χ4n) is 2.75. The minimum Gasteiger partial charge on any atom is -0.392 e. The quantitative estimate of drug-likeness (QED) is 0.730. The zero-order valence-electron chi connectivity index (χ0n) is 11.6. The summed E-state index contributed by atoms with van der Waals surface area (Å²) in [6.45, 7) is 4.06. The highest BCUT2D eigenvalue weighted by Gasteiger charge is 2.28. The van der Waals surface area contributed by atoms with Gasteiger partial charge in [0.2, 0.25) is 5.91 Å². The van der Waals surface area contributed by atoms with Gasteiger partial charge in [0.1, 0.15) is 0 Å². The van der Waals surface area contributed by atoms with Crippen LogP contribution in [-0.4, -0.2) is 16.9 Å². The van der Waals surface area contributed by atoms with Gasteiger partial charge in [-0.15, -0.1) is 0 Å². The second-order valence-electron chi connectivity index (χ2n) is 5.48. The first-order valence-electron chi connectivity index (χ1n) is 7.16. The van der Waals surface area contributed by atoms with Crippen molar-refractivity contribution in [1.29, 1.82) is 0 Å². The van der Waals surface area contributed by atoms with Crippen molar-refractivity contribution in [1.82, 2.24) is 5.32 Å². The fourth-order valence-corrected chi connectivity index (χ4v) is 3.00. The smallest absolute Gasteiger partial charge is 0.223 e. The molecule has 4 heteroatoms. The van der Waals surface area contributed by atoms with Gasteiger partial charge in [-0.2, -0.15) is 0 Å². The normalized spacial score (nSPS) is 20.1. The van der Waals surface area contributed by atoms with Gasteiger partial charge >= 0.3 is 0 Å². The van der Waals surface area contributed by atoms with E-state index in [1.807, 2.05) is 6.92 Å². The van der Waals surface area contributed by atoms with Gasteiger partial charge in [-0.1, -0.05) is 51.7 Å². The van der Waals surface area contributed by atoms with E-state index in [-0.39, 0.29) is 17.9 Å². The average molecular weight is 270 g/mol. The summed E-state index contributed by atoms with van der Waals surface area (Å²) < 4.78 is 0. The van der Waals surface area contributed by atoms with E-state index in [1.54, 1.807) is 0 Å². The highest BCUT2D eigenvalue weighted by Crippen LogP contribution is 2.27. The Morgan fingerprint density at radius 1 is 1.39 bits per heavy atom. The Morgan fingerprint density at radius 3 is 2.50 bits per heavy atom. The molecule has 2 atom stereocenters. The highest BCUT2D eigenvalue weighted by molar-refractivity contribution is 7.80. The van der Waals surface area contributed by atoms with E-state index < -0.39 is 0 Å². The largest absolute Gasteiger partial charge is 0.392 e. The van der Waals surface area contributed by atoms with Crippen LogP contribution in [0.5, 0.6) is 0 Å². The summed E-state index contributed by atoms with van der Waals surface area (Å²) in [7, 11) is 0. The monoisotopic (exact) mass is 270 g/mol. The van der Waals surface area contributed by atoms with E-state index in [0.29, 0.717) is 10.9 Å². The maximum Gasteiger partial charge on any atom is 0.223 e. The molecule has 0 aromatic rings. The van der Waals surface area contributed by atoms with Crippen LogP contribution >= 0.6 is 12.2 Å². The minimum atomic E-state index is -0.105. The molecule has 1 fully saturated rings. The van der Waals surface area contributed by atoms with Crippen molar-refractivity contribution in [2.24, 2.45) is 17.6 Å². The molecule has 104 valence electrons. The van der Waals surface area contributed by atoms with Crippen LogP contribution in [0.25, 0.3) is 0 Å². The third-order valence-electron chi connectivity index (χ3n) is 3.89. The van der Waals surface area contributed by atoms with Gasteiger partial charge in [0.05, 0.1) is 11.0 Å². The molecule has 1 aliphatic rings.